The number of benzene rings is 2. The van der Waals surface area contributed by atoms with Crippen molar-refractivity contribution in [1.29, 1.82) is 0 Å². The van der Waals surface area contributed by atoms with Crippen LogP contribution >= 0.6 is 27.3 Å². The summed E-state index contributed by atoms with van der Waals surface area (Å²) in [6.45, 7) is 0.518. The Labute approximate surface area is 135 Å². The van der Waals surface area contributed by atoms with E-state index in [2.05, 4.69) is 20.9 Å². The molecule has 0 fully saturated rings. The van der Waals surface area contributed by atoms with Crippen molar-refractivity contribution < 1.29 is 4.74 Å². The number of ether oxygens (including phenoxy) is 1. The van der Waals surface area contributed by atoms with Crippen molar-refractivity contribution in [2.24, 2.45) is 0 Å². The topological polar surface area (TPSA) is 48.1 Å². The molecule has 5 heteroatoms. The van der Waals surface area contributed by atoms with E-state index in [9.17, 15) is 0 Å². The first-order chi connectivity index (χ1) is 10.2. The maximum atomic E-state index is 5.96. The second-order valence-electron chi connectivity index (χ2n) is 4.49. The molecule has 0 aliphatic carbocycles. The lowest BCUT2D eigenvalue weighted by Gasteiger charge is -2.11. The van der Waals surface area contributed by atoms with E-state index in [1.165, 1.54) is 11.3 Å². The molecular formula is C16H13BrN2OS. The van der Waals surface area contributed by atoms with Gasteiger partial charge < -0.3 is 10.5 Å². The van der Waals surface area contributed by atoms with E-state index in [1.807, 2.05) is 53.9 Å². The van der Waals surface area contributed by atoms with Crippen molar-refractivity contribution >= 4 is 32.4 Å². The molecule has 2 aromatic carbocycles. The molecule has 3 aromatic rings. The zero-order valence-corrected chi connectivity index (χ0v) is 13.5. The van der Waals surface area contributed by atoms with Crippen LogP contribution in [0.25, 0.3) is 11.3 Å². The van der Waals surface area contributed by atoms with Gasteiger partial charge in [0.1, 0.15) is 12.4 Å². The van der Waals surface area contributed by atoms with Crippen molar-refractivity contribution in [3.8, 4) is 17.0 Å². The zero-order chi connectivity index (χ0) is 14.7. The van der Waals surface area contributed by atoms with Gasteiger partial charge in [0.25, 0.3) is 0 Å². The van der Waals surface area contributed by atoms with Crippen LogP contribution in [-0.2, 0) is 6.61 Å². The largest absolute Gasteiger partial charge is 0.488 e. The van der Waals surface area contributed by atoms with Gasteiger partial charge in [-0.15, -0.1) is 11.3 Å². The van der Waals surface area contributed by atoms with Crippen molar-refractivity contribution in [3.05, 3.63) is 63.9 Å². The highest BCUT2D eigenvalue weighted by atomic mass is 79.9. The van der Waals surface area contributed by atoms with Crippen LogP contribution in [0.15, 0.2) is 58.4 Å². The number of nitrogens with two attached hydrogens (primary N) is 1. The number of halogens is 1. The number of anilines is 1. The SMILES string of the molecule is Nc1nc(-c2ccc(Br)cc2OCc2ccccc2)cs1. The Morgan fingerprint density at radius 3 is 2.67 bits per heavy atom. The standard InChI is InChI=1S/C16H13BrN2OS/c17-12-6-7-13(14-10-21-16(18)19-14)15(8-12)20-9-11-4-2-1-3-5-11/h1-8,10H,9H2,(H2,18,19). The Bertz CT molecular complexity index is 743. The molecule has 0 radical (unpaired) electrons. The average Bonchev–Trinajstić information content (AvgIpc) is 2.93. The highest BCUT2D eigenvalue weighted by Gasteiger charge is 2.10. The first-order valence-corrected chi connectivity index (χ1v) is 8.07. The van der Waals surface area contributed by atoms with Crippen LogP contribution in [0.2, 0.25) is 0 Å². The van der Waals surface area contributed by atoms with E-state index < -0.39 is 0 Å². The number of nitrogens with zero attached hydrogens (tertiary/aromatic N) is 1. The van der Waals surface area contributed by atoms with E-state index in [1.54, 1.807) is 0 Å². The Morgan fingerprint density at radius 1 is 1.14 bits per heavy atom. The third-order valence-electron chi connectivity index (χ3n) is 2.98. The number of rotatable bonds is 4. The molecule has 0 unspecified atom stereocenters. The van der Waals surface area contributed by atoms with Crippen LogP contribution in [0.4, 0.5) is 5.13 Å². The van der Waals surface area contributed by atoms with Gasteiger partial charge in [0.05, 0.1) is 5.69 Å². The first-order valence-electron chi connectivity index (χ1n) is 6.40. The lowest BCUT2D eigenvalue weighted by atomic mass is 10.1. The summed E-state index contributed by atoms with van der Waals surface area (Å²) in [6, 6.07) is 16.0. The van der Waals surface area contributed by atoms with Gasteiger partial charge in [-0.2, -0.15) is 0 Å². The minimum atomic E-state index is 0.518. The first kappa shape index (κ1) is 14.1. The lowest BCUT2D eigenvalue weighted by molar-refractivity contribution is 0.307. The second-order valence-corrected chi connectivity index (χ2v) is 6.29. The minimum Gasteiger partial charge on any atom is -0.488 e. The molecule has 3 rings (SSSR count). The van der Waals surface area contributed by atoms with Gasteiger partial charge in [-0.1, -0.05) is 46.3 Å². The summed E-state index contributed by atoms with van der Waals surface area (Å²) in [7, 11) is 0. The lowest BCUT2D eigenvalue weighted by Crippen LogP contribution is -1.97. The molecule has 0 saturated carbocycles. The van der Waals surface area contributed by atoms with Gasteiger partial charge in [-0.3, -0.25) is 0 Å². The molecule has 1 heterocycles. The van der Waals surface area contributed by atoms with Crippen molar-refractivity contribution in [1.82, 2.24) is 4.98 Å². The van der Waals surface area contributed by atoms with Crippen molar-refractivity contribution in [2.45, 2.75) is 6.61 Å². The molecule has 0 bridgehead atoms. The van der Waals surface area contributed by atoms with Crippen LogP contribution in [0.3, 0.4) is 0 Å². The highest BCUT2D eigenvalue weighted by molar-refractivity contribution is 9.10. The Balaban J connectivity index is 1.88. The summed E-state index contributed by atoms with van der Waals surface area (Å²) in [6.07, 6.45) is 0. The fraction of sp³-hybridized carbons (Fsp3) is 0.0625. The van der Waals surface area contributed by atoms with Crippen LogP contribution in [0.1, 0.15) is 5.56 Å². The highest BCUT2D eigenvalue weighted by Crippen LogP contribution is 2.34. The Hall–Kier alpha value is -1.85. The van der Waals surface area contributed by atoms with Gasteiger partial charge in [0, 0.05) is 15.4 Å². The second kappa shape index (κ2) is 6.28. The predicted octanol–water partition coefficient (Wildman–Crippen LogP) is 4.73. The summed E-state index contributed by atoms with van der Waals surface area (Å²) < 4.78 is 6.93. The maximum absolute atomic E-state index is 5.96. The van der Waals surface area contributed by atoms with E-state index in [0.717, 1.165) is 27.0 Å². The molecule has 0 spiro atoms. The fourth-order valence-corrected chi connectivity index (χ4v) is 2.88. The van der Waals surface area contributed by atoms with Gasteiger partial charge in [-0.05, 0) is 23.8 Å². The van der Waals surface area contributed by atoms with Crippen LogP contribution in [-0.4, -0.2) is 4.98 Å². The number of aromatic nitrogens is 1. The molecule has 0 aliphatic heterocycles. The van der Waals surface area contributed by atoms with E-state index in [-0.39, 0.29) is 0 Å². The number of nitrogen functional groups attached to an aromatic ring is 1. The summed E-state index contributed by atoms with van der Waals surface area (Å²) in [5.74, 6) is 0.790. The number of thiazole rings is 1. The fourth-order valence-electron chi connectivity index (χ4n) is 1.97. The van der Waals surface area contributed by atoms with Gasteiger partial charge in [-0.25, -0.2) is 4.98 Å². The molecule has 0 aliphatic rings. The number of hydrogen-bond acceptors (Lipinski definition) is 4. The zero-order valence-electron chi connectivity index (χ0n) is 11.1. The summed E-state index contributed by atoms with van der Waals surface area (Å²) in [5.41, 5.74) is 8.63. The summed E-state index contributed by atoms with van der Waals surface area (Å²) in [4.78, 5) is 4.33. The minimum absolute atomic E-state index is 0.518. The van der Waals surface area contributed by atoms with Crippen LogP contribution in [0.5, 0.6) is 5.75 Å². The van der Waals surface area contributed by atoms with Gasteiger partial charge in [0.2, 0.25) is 0 Å². The maximum Gasteiger partial charge on any atom is 0.180 e. The third kappa shape index (κ3) is 3.43. The average molecular weight is 361 g/mol. The summed E-state index contributed by atoms with van der Waals surface area (Å²) >= 11 is 4.90. The monoisotopic (exact) mass is 360 g/mol. The van der Waals surface area contributed by atoms with E-state index in [0.29, 0.717) is 11.7 Å². The van der Waals surface area contributed by atoms with Crippen molar-refractivity contribution in [2.75, 3.05) is 5.73 Å². The summed E-state index contributed by atoms with van der Waals surface area (Å²) in [5, 5.41) is 2.50. The van der Waals surface area contributed by atoms with E-state index in [4.69, 9.17) is 10.5 Å². The van der Waals surface area contributed by atoms with Crippen LogP contribution in [0, 0.1) is 0 Å². The number of hydrogen-bond donors (Lipinski definition) is 1. The molecule has 0 saturated heterocycles. The Kier molecular flexibility index (Phi) is 4.22. The molecule has 2 N–H and O–H groups in total. The van der Waals surface area contributed by atoms with Gasteiger partial charge >= 0.3 is 0 Å². The third-order valence-corrected chi connectivity index (χ3v) is 4.15. The van der Waals surface area contributed by atoms with Crippen molar-refractivity contribution in [3.63, 3.8) is 0 Å². The smallest absolute Gasteiger partial charge is 0.180 e. The molecule has 106 valence electrons. The molecule has 0 amide bonds. The predicted molar refractivity (Wildman–Crippen MR) is 90.4 cm³/mol. The Morgan fingerprint density at radius 2 is 1.95 bits per heavy atom. The van der Waals surface area contributed by atoms with E-state index >= 15 is 0 Å². The molecule has 1 aromatic heterocycles. The molecule has 3 nitrogen and oxygen atoms in total. The molecule has 21 heavy (non-hydrogen) atoms. The van der Waals surface area contributed by atoms with Crippen LogP contribution < -0.4 is 10.5 Å². The van der Waals surface area contributed by atoms with Gasteiger partial charge in [0.15, 0.2) is 5.13 Å². The quantitative estimate of drug-likeness (QED) is 0.731. The molecule has 0 atom stereocenters. The molecular weight excluding hydrogens is 348 g/mol. The normalized spacial score (nSPS) is 10.5.